The summed E-state index contributed by atoms with van der Waals surface area (Å²) in [6, 6.07) is 6.57. The molecule has 0 aliphatic heterocycles. The molecule has 4 nitrogen and oxygen atoms in total. The lowest BCUT2D eigenvalue weighted by Crippen LogP contribution is -2.44. The van der Waals surface area contributed by atoms with Crippen LogP contribution in [0.15, 0.2) is 23.4 Å². The second kappa shape index (κ2) is 5.76. The number of nitrogens with zero attached hydrogens (tertiary/aromatic N) is 1. The quantitative estimate of drug-likeness (QED) is 0.845. The summed E-state index contributed by atoms with van der Waals surface area (Å²) in [7, 11) is 3.30. The van der Waals surface area contributed by atoms with Gasteiger partial charge in [0.15, 0.2) is 0 Å². The Labute approximate surface area is 143 Å². The predicted octanol–water partition coefficient (Wildman–Crippen LogP) is 3.52. The van der Waals surface area contributed by atoms with Gasteiger partial charge in [-0.15, -0.1) is 0 Å². The van der Waals surface area contributed by atoms with Crippen LogP contribution < -0.4 is 4.74 Å². The molecule has 0 saturated heterocycles. The number of aryl methyl sites for hydroxylation is 1. The molecule has 2 fully saturated rings. The van der Waals surface area contributed by atoms with Gasteiger partial charge >= 0.3 is 0 Å². The highest BCUT2D eigenvalue weighted by molar-refractivity contribution is 5.91. The van der Waals surface area contributed by atoms with Crippen molar-refractivity contribution < 1.29 is 14.7 Å². The van der Waals surface area contributed by atoms with Crippen LogP contribution in [-0.2, 0) is 11.3 Å². The third-order valence-corrected chi connectivity index (χ3v) is 6.95. The highest BCUT2D eigenvalue weighted by Gasteiger charge is 2.57. The first-order valence-corrected chi connectivity index (χ1v) is 9.03. The molecule has 3 aliphatic carbocycles. The minimum Gasteiger partial charge on any atom is -0.497 e. The van der Waals surface area contributed by atoms with Crippen LogP contribution in [0.1, 0.15) is 49.7 Å². The van der Waals surface area contributed by atoms with Gasteiger partial charge in [0.1, 0.15) is 19.0 Å². The number of hydrogen-bond donors (Lipinski definition) is 1. The molecule has 4 rings (SSSR count). The van der Waals surface area contributed by atoms with E-state index in [0.29, 0.717) is 17.8 Å². The van der Waals surface area contributed by atoms with Crippen LogP contribution >= 0.6 is 0 Å². The molecule has 0 aromatic heterocycles. The molecule has 0 radical (unpaired) electrons. The van der Waals surface area contributed by atoms with Gasteiger partial charge in [0.05, 0.1) is 12.8 Å². The van der Waals surface area contributed by atoms with Gasteiger partial charge in [-0.3, -0.25) is 0 Å². The van der Waals surface area contributed by atoms with E-state index in [0.717, 1.165) is 37.1 Å². The minimum absolute atomic E-state index is 0.0531. The smallest absolute Gasteiger partial charge is 0.119 e. The predicted molar refractivity (Wildman–Crippen MR) is 93.4 cm³/mol. The van der Waals surface area contributed by atoms with E-state index in [-0.39, 0.29) is 5.41 Å². The largest absolute Gasteiger partial charge is 0.497 e. The topological polar surface area (TPSA) is 51.0 Å². The van der Waals surface area contributed by atoms with Crippen LogP contribution in [0.25, 0.3) is 0 Å². The summed E-state index contributed by atoms with van der Waals surface area (Å²) in [5.74, 6) is 2.68. The lowest BCUT2D eigenvalue weighted by Gasteiger charge is -2.49. The molecule has 3 aliphatic rings. The summed E-state index contributed by atoms with van der Waals surface area (Å²) < 4.78 is 5.39. The number of benzene rings is 1. The Kier molecular flexibility index (Phi) is 3.83. The first kappa shape index (κ1) is 15.9. The molecule has 1 N–H and O–H groups in total. The fraction of sp³-hybridized carbons (Fsp3) is 0.650. The Hall–Kier alpha value is -1.55. The van der Waals surface area contributed by atoms with Crippen LogP contribution in [0.3, 0.4) is 0 Å². The highest BCUT2D eigenvalue weighted by Crippen LogP contribution is 2.60. The van der Waals surface area contributed by atoms with Crippen LogP contribution in [0.2, 0.25) is 0 Å². The molecule has 5 atom stereocenters. The Morgan fingerprint density at radius 3 is 2.83 bits per heavy atom. The standard InChI is InChI=1S/C20H27NO3/c1-20-9-8-15-14-7-5-13(23-2)10-12(14)4-6-16(15)17(20)11-18(19(20)22)21-24-3/h5,7,10,15-17,19,22H,4,6,8-9,11H2,1-3H3/b21-18+/t15-,16-,17+,19?,20+/m1/s1. The number of methoxy groups -OCH3 is 1. The maximum Gasteiger partial charge on any atom is 0.119 e. The van der Waals surface area contributed by atoms with Gasteiger partial charge in [-0.25, -0.2) is 0 Å². The zero-order chi connectivity index (χ0) is 16.9. The summed E-state index contributed by atoms with van der Waals surface area (Å²) in [5.41, 5.74) is 3.73. The molecule has 1 aromatic carbocycles. The molecule has 0 heterocycles. The Morgan fingerprint density at radius 2 is 2.08 bits per heavy atom. The summed E-state index contributed by atoms with van der Waals surface area (Å²) >= 11 is 0. The van der Waals surface area contributed by atoms with Gasteiger partial charge < -0.3 is 14.7 Å². The van der Waals surface area contributed by atoms with Gasteiger partial charge in [-0.2, -0.15) is 0 Å². The van der Waals surface area contributed by atoms with E-state index in [4.69, 9.17) is 9.57 Å². The minimum atomic E-state index is -0.458. The molecule has 0 bridgehead atoms. The monoisotopic (exact) mass is 329 g/mol. The molecule has 0 spiro atoms. The molecule has 1 unspecified atom stereocenters. The fourth-order valence-electron chi connectivity index (χ4n) is 5.68. The molecular formula is C20H27NO3. The molecule has 130 valence electrons. The summed E-state index contributed by atoms with van der Waals surface area (Å²) in [4.78, 5) is 4.98. The lowest BCUT2D eigenvalue weighted by molar-refractivity contribution is -0.0122. The van der Waals surface area contributed by atoms with E-state index in [1.165, 1.54) is 17.5 Å². The van der Waals surface area contributed by atoms with Gasteiger partial charge in [-0.05, 0) is 73.1 Å². The third-order valence-electron chi connectivity index (χ3n) is 6.95. The molecule has 0 amide bonds. The SMILES string of the molecule is CO/N=C1\C[C@H]2[C@@H]3CCc4cc(OC)ccc4[C@H]3CC[C@]2(C)C1O. The molecule has 24 heavy (non-hydrogen) atoms. The van der Waals surface area contributed by atoms with Crippen LogP contribution in [0, 0.1) is 17.3 Å². The average molecular weight is 329 g/mol. The van der Waals surface area contributed by atoms with Crippen molar-refractivity contribution in [3.8, 4) is 5.75 Å². The molecular weight excluding hydrogens is 302 g/mol. The number of oxime groups is 1. The molecule has 1 aromatic rings. The fourth-order valence-corrected chi connectivity index (χ4v) is 5.68. The first-order valence-electron chi connectivity index (χ1n) is 9.03. The molecule has 2 saturated carbocycles. The molecule has 4 heteroatoms. The maximum absolute atomic E-state index is 10.8. The van der Waals surface area contributed by atoms with Crippen molar-refractivity contribution in [2.45, 2.75) is 51.0 Å². The van der Waals surface area contributed by atoms with Crippen molar-refractivity contribution in [2.75, 3.05) is 14.2 Å². The third kappa shape index (κ3) is 2.19. The Bertz CT molecular complexity index is 671. The van der Waals surface area contributed by atoms with Crippen molar-refractivity contribution in [2.24, 2.45) is 22.4 Å². The van der Waals surface area contributed by atoms with Crippen molar-refractivity contribution in [3.63, 3.8) is 0 Å². The van der Waals surface area contributed by atoms with Gasteiger partial charge in [-0.1, -0.05) is 18.1 Å². The normalized spacial score (nSPS) is 39.1. The van der Waals surface area contributed by atoms with Crippen molar-refractivity contribution >= 4 is 5.71 Å². The zero-order valence-electron chi connectivity index (χ0n) is 14.8. The Balaban J connectivity index is 1.67. The first-order chi connectivity index (χ1) is 11.6. The number of hydrogen-bond acceptors (Lipinski definition) is 4. The van der Waals surface area contributed by atoms with Crippen molar-refractivity contribution in [1.82, 2.24) is 0 Å². The van der Waals surface area contributed by atoms with E-state index >= 15 is 0 Å². The van der Waals surface area contributed by atoms with Crippen LogP contribution in [-0.4, -0.2) is 31.1 Å². The van der Waals surface area contributed by atoms with Crippen molar-refractivity contribution in [1.29, 1.82) is 0 Å². The lowest BCUT2D eigenvalue weighted by atomic mass is 9.55. The maximum atomic E-state index is 10.8. The summed E-state index contributed by atoms with van der Waals surface area (Å²) in [6.45, 7) is 2.25. The number of aliphatic hydroxyl groups is 1. The second-order valence-corrected chi connectivity index (χ2v) is 7.90. The number of rotatable bonds is 2. The van der Waals surface area contributed by atoms with E-state index in [1.807, 2.05) is 0 Å². The summed E-state index contributed by atoms with van der Waals surface area (Å²) in [6.07, 6.45) is 4.91. The summed E-state index contributed by atoms with van der Waals surface area (Å²) in [5, 5.41) is 14.9. The van der Waals surface area contributed by atoms with E-state index < -0.39 is 6.10 Å². The van der Waals surface area contributed by atoms with E-state index in [2.05, 4.69) is 30.3 Å². The zero-order valence-corrected chi connectivity index (χ0v) is 14.8. The van der Waals surface area contributed by atoms with E-state index in [1.54, 1.807) is 14.2 Å². The average Bonchev–Trinajstić information content (AvgIpc) is 2.86. The highest BCUT2D eigenvalue weighted by atomic mass is 16.6. The van der Waals surface area contributed by atoms with Crippen LogP contribution in [0.5, 0.6) is 5.75 Å². The Morgan fingerprint density at radius 1 is 1.25 bits per heavy atom. The number of aliphatic hydroxyl groups excluding tert-OH is 1. The van der Waals surface area contributed by atoms with Crippen molar-refractivity contribution in [3.05, 3.63) is 29.3 Å². The van der Waals surface area contributed by atoms with E-state index in [9.17, 15) is 5.11 Å². The van der Waals surface area contributed by atoms with Gasteiger partial charge in [0.25, 0.3) is 0 Å². The van der Waals surface area contributed by atoms with Gasteiger partial charge in [0, 0.05) is 5.41 Å². The van der Waals surface area contributed by atoms with Crippen LogP contribution in [0.4, 0.5) is 0 Å². The second-order valence-electron chi connectivity index (χ2n) is 7.90. The van der Waals surface area contributed by atoms with Gasteiger partial charge in [0.2, 0.25) is 0 Å². The number of fused-ring (bicyclic) bond motifs is 5. The number of ether oxygens (including phenoxy) is 1.